The number of aromatic nitrogens is 2. The van der Waals surface area contributed by atoms with Gasteiger partial charge in [0.2, 0.25) is 11.8 Å². The molecule has 0 radical (unpaired) electrons. The van der Waals surface area contributed by atoms with E-state index >= 15 is 0 Å². The van der Waals surface area contributed by atoms with Gasteiger partial charge in [-0.2, -0.15) is 5.10 Å². The molecule has 1 atom stereocenters. The van der Waals surface area contributed by atoms with Gasteiger partial charge < -0.3 is 11.1 Å². The zero-order chi connectivity index (χ0) is 14.0. The number of hydrogen-bond acceptors (Lipinski definition) is 5. The molecule has 104 valence electrons. The molecule has 2 amide bonds. The summed E-state index contributed by atoms with van der Waals surface area (Å²) in [4.78, 5) is 22.8. The second kappa shape index (κ2) is 5.29. The van der Waals surface area contributed by atoms with E-state index < -0.39 is 6.04 Å². The zero-order valence-electron chi connectivity index (χ0n) is 11.2. The van der Waals surface area contributed by atoms with Gasteiger partial charge in [-0.3, -0.25) is 19.6 Å². The zero-order valence-corrected chi connectivity index (χ0v) is 11.2. The highest BCUT2D eigenvalue weighted by Crippen LogP contribution is 2.24. The van der Waals surface area contributed by atoms with Crippen molar-refractivity contribution in [2.75, 3.05) is 11.1 Å². The van der Waals surface area contributed by atoms with E-state index in [2.05, 4.69) is 22.7 Å². The second-order valence-electron chi connectivity index (χ2n) is 4.73. The van der Waals surface area contributed by atoms with Crippen molar-refractivity contribution in [3.8, 4) is 0 Å². The number of aryl methyl sites for hydroxylation is 2. The van der Waals surface area contributed by atoms with Crippen molar-refractivity contribution in [3.63, 3.8) is 0 Å². The first kappa shape index (κ1) is 13.4. The number of hydrogen-bond donors (Lipinski definition) is 3. The number of piperidine rings is 1. The number of anilines is 2. The molecule has 7 heteroatoms. The van der Waals surface area contributed by atoms with Crippen LogP contribution >= 0.6 is 0 Å². The van der Waals surface area contributed by atoms with E-state index in [1.807, 2.05) is 0 Å². The molecule has 19 heavy (non-hydrogen) atoms. The third kappa shape index (κ3) is 2.69. The molecule has 0 saturated carbocycles. The highest BCUT2D eigenvalue weighted by molar-refractivity contribution is 6.01. The van der Waals surface area contributed by atoms with Crippen LogP contribution in [0.2, 0.25) is 0 Å². The molecule has 1 fully saturated rings. The standard InChI is InChI=1S/C12H19N5O2/c1-3-4-7-10(13)11(17(2)16-7)14-8-5-6-9(18)15-12(8)19/h8,14H,3-6,13H2,1-2H3,(H,15,18,19). The number of amides is 2. The molecule has 1 aliphatic heterocycles. The van der Waals surface area contributed by atoms with Crippen LogP contribution in [0, 0.1) is 0 Å². The molecule has 4 N–H and O–H groups in total. The van der Waals surface area contributed by atoms with Crippen molar-refractivity contribution in [2.45, 2.75) is 38.6 Å². The van der Waals surface area contributed by atoms with Gasteiger partial charge in [0.1, 0.15) is 11.9 Å². The van der Waals surface area contributed by atoms with E-state index in [4.69, 9.17) is 5.73 Å². The van der Waals surface area contributed by atoms with E-state index in [-0.39, 0.29) is 11.8 Å². The number of carbonyl (C=O) groups excluding carboxylic acids is 2. The van der Waals surface area contributed by atoms with Gasteiger partial charge in [-0.15, -0.1) is 0 Å². The molecule has 0 bridgehead atoms. The molecule has 1 aliphatic rings. The summed E-state index contributed by atoms with van der Waals surface area (Å²) < 4.78 is 1.64. The maximum Gasteiger partial charge on any atom is 0.249 e. The lowest BCUT2D eigenvalue weighted by Crippen LogP contribution is -2.47. The SMILES string of the molecule is CCCc1nn(C)c(NC2CCC(=O)NC2=O)c1N. The van der Waals surface area contributed by atoms with Crippen molar-refractivity contribution in [2.24, 2.45) is 7.05 Å². The molecule has 1 unspecified atom stereocenters. The molecule has 2 heterocycles. The molecule has 0 aromatic carbocycles. The van der Waals surface area contributed by atoms with Gasteiger partial charge in [-0.1, -0.05) is 13.3 Å². The maximum absolute atomic E-state index is 11.7. The van der Waals surface area contributed by atoms with Crippen LogP contribution < -0.4 is 16.4 Å². The number of nitrogens with zero attached hydrogens (tertiary/aromatic N) is 2. The van der Waals surface area contributed by atoms with Gasteiger partial charge in [-0.05, 0) is 12.8 Å². The summed E-state index contributed by atoms with van der Waals surface area (Å²) in [6.07, 6.45) is 2.57. The smallest absolute Gasteiger partial charge is 0.249 e. The molecular formula is C12H19N5O2. The fraction of sp³-hybridized carbons (Fsp3) is 0.583. The topological polar surface area (TPSA) is 102 Å². The molecule has 0 aliphatic carbocycles. The van der Waals surface area contributed by atoms with E-state index in [9.17, 15) is 9.59 Å². The lowest BCUT2D eigenvalue weighted by Gasteiger charge is -2.22. The molecule has 1 saturated heterocycles. The minimum absolute atomic E-state index is 0.229. The monoisotopic (exact) mass is 265 g/mol. The quantitative estimate of drug-likeness (QED) is 0.674. The Balaban J connectivity index is 2.15. The maximum atomic E-state index is 11.7. The fourth-order valence-corrected chi connectivity index (χ4v) is 2.18. The molecule has 1 aromatic heterocycles. The van der Waals surface area contributed by atoms with Crippen molar-refractivity contribution < 1.29 is 9.59 Å². The van der Waals surface area contributed by atoms with Crippen LogP contribution in [0.4, 0.5) is 11.5 Å². The van der Waals surface area contributed by atoms with E-state index in [0.29, 0.717) is 24.3 Å². The number of nitrogen functional groups attached to an aromatic ring is 1. The average Bonchev–Trinajstić information content (AvgIpc) is 2.60. The van der Waals surface area contributed by atoms with Gasteiger partial charge in [0.05, 0.1) is 11.4 Å². The number of carbonyl (C=O) groups is 2. The number of imide groups is 1. The summed E-state index contributed by atoms with van der Waals surface area (Å²) in [5.41, 5.74) is 7.45. The molecule has 2 rings (SSSR count). The van der Waals surface area contributed by atoms with Crippen LogP contribution in [0.1, 0.15) is 31.9 Å². The first-order valence-corrected chi connectivity index (χ1v) is 6.44. The van der Waals surface area contributed by atoms with Crippen LogP contribution in [0.15, 0.2) is 0 Å². The highest BCUT2D eigenvalue weighted by Gasteiger charge is 2.28. The third-order valence-electron chi connectivity index (χ3n) is 3.20. The van der Waals surface area contributed by atoms with Crippen molar-refractivity contribution in [1.29, 1.82) is 0 Å². The van der Waals surface area contributed by atoms with Crippen molar-refractivity contribution in [1.82, 2.24) is 15.1 Å². The first-order valence-electron chi connectivity index (χ1n) is 6.44. The van der Waals surface area contributed by atoms with E-state index in [0.717, 1.165) is 18.5 Å². The van der Waals surface area contributed by atoms with Gasteiger partial charge in [0.15, 0.2) is 0 Å². The van der Waals surface area contributed by atoms with Crippen LogP contribution in [-0.2, 0) is 23.1 Å². The minimum Gasteiger partial charge on any atom is -0.394 e. The molecule has 7 nitrogen and oxygen atoms in total. The Hall–Kier alpha value is -2.05. The summed E-state index contributed by atoms with van der Waals surface area (Å²) in [7, 11) is 1.78. The Morgan fingerprint density at radius 1 is 1.53 bits per heavy atom. The summed E-state index contributed by atoms with van der Waals surface area (Å²) >= 11 is 0. The fourth-order valence-electron chi connectivity index (χ4n) is 2.18. The number of nitrogens with one attached hydrogen (secondary N) is 2. The highest BCUT2D eigenvalue weighted by atomic mass is 16.2. The average molecular weight is 265 g/mol. The first-order chi connectivity index (χ1) is 9.02. The molecular weight excluding hydrogens is 246 g/mol. The van der Waals surface area contributed by atoms with Gasteiger partial charge in [0, 0.05) is 13.5 Å². The Morgan fingerprint density at radius 3 is 2.89 bits per heavy atom. The van der Waals surface area contributed by atoms with Crippen molar-refractivity contribution in [3.05, 3.63) is 5.69 Å². The van der Waals surface area contributed by atoms with Crippen LogP contribution in [0.5, 0.6) is 0 Å². The predicted molar refractivity (Wildman–Crippen MR) is 71.4 cm³/mol. The number of rotatable bonds is 4. The summed E-state index contributed by atoms with van der Waals surface area (Å²) in [5.74, 6) is 0.0968. The number of nitrogens with two attached hydrogens (primary N) is 1. The largest absolute Gasteiger partial charge is 0.394 e. The van der Waals surface area contributed by atoms with Gasteiger partial charge >= 0.3 is 0 Å². The van der Waals surface area contributed by atoms with E-state index in [1.165, 1.54) is 0 Å². The minimum atomic E-state index is -0.440. The van der Waals surface area contributed by atoms with Crippen molar-refractivity contribution >= 4 is 23.3 Å². The van der Waals surface area contributed by atoms with Crippen LogP contribution in [-0.4, -0.2) is 27.6 Å². The molecule has 0 spiro atoms. The Morgan fingerprint density at radius 2 is 2.26 bits per heavy atom. The lowest BCUT2D eigenvalue weighted by atomic mass is 10.1. The predicted octanol–water partition coefficient (Wildman–Crippen LogP) is 0.172. The summed E-state index contributed by atoms with van der Waals surface area (Å²) in [6, 6.07) is -0.440. The lowest BCUT2D eigenvalue weighted by molar-refractivity contribution is -0.133. The third-order valence-corrected chi connectivity index (χ3v) is 3.20. The Kier molecular flexibility index (Phi) is 3.73. The van der Waals surface area contributed by atoms with Gasteiger partial charge in [-0.25, -0.2) is 0 Å². The van der Waals surface area contributed by atoms with Crippen LogP contribution in [0.3, 0.4) is 0 Å². The Labute approximate surface area is 111 Å². The normalized spacial score (nSPS) is 19.4. The Bertz CT molecular complexity index is 508. The summed E-state index contributed by atoms with van der Waals surface area (Å²) in [5, 5.41) is 9.72. The summed E-state index contributed by atoms with van der Waals surface area (Å²) in [6.45, 7) is 2.06. The van der Waals surface area contributed by atoms with Gasteiger partial charge in [0.25, 0.3) is 0 Å². The van der Waals surface area contributed by atoms with E-state index in [1.54, 1.807) is 11.7 Å². The molecule has 1 aromatic rings. The second-order valence-corrected chi connectivity index (χ2v) is 4.73. The van der Waals surface area contributed by atoms with Crippen LogP contribution in [0.25, 0.3) is 0 Å².